The molecular weight excluding hydrogens is 319 g/mol. The van der Waals surface area contributed by atoms with Crippen LogP contribution in [0, 0.1) is 5.82 Å². The van der Waals surface area contributed by atoms with Gasteiger partial charge < -0.3 is 10.2 Å². The summed E-state index contributed by atoms with van der Waals surface area (Å²) in [4.78, 5) is 27.0. The van der Waals surface area contributed by atoms with E-state index in [0.29, 0.717) is 17.8 Å². The molecule has 2 aromatic carbocycles. The van der Waals surface area contributed by atoms with Crippen LogP contribution >= 0.6 is 0 Å². The summed E-state index contributed by atoms with van der Waals surface area (Å²) in [6.45, 7) is 2.66. The molecule has 0 unspecified atom stereocenters. The molecule has 0 radical (unpaired) electrons. The van der Waals surface area contributed by atoms with E-state index in [9.17, 15) is 14.0 Å². The number of carbonyl (C=O) groups is 2. The van der Waals surface area contributed by atoms with Gasteiger partial charge in [0.1, 0.15) is 5.82 Å². The van der Waals surface area contributed by atoms with Gasteiger partial charge in [-0.25, -0.2) is 4.39 Å². The highest BCUT2D eigenvalue weighted by Gasteiger charge is 2.34. The molecule has 130 valence electrons. The smallest absolute Gasteiger partial charge is 0.235 e. The molecule has 25 heavy (non-hydrogen) atoms. The maximum atomic E-state index is 13.5. The third-order valence-corrected chi connectivity index (χ3v) is 4.42. The fourth-order valence-electron chi connectivity index (χ4n) is 3.14. The average molecular weight is 340 g/mol. The molecule has 1 atom stereocenters. The predicted octanol–water partition coefficient (Wildman–Crippen LogP) is 4.08. The zero-order valence-corrected chi connectivity index (χ0v) is 14.2. The van der Waals surface area contributed by atoms with E-state index in [1.165, 1.54) is 12.1 Å². The molecule has 0 bridgehead atoms. The van der Waals surface area contributed by atoms with Crippen LogP contribution in [0.25, 0.3) is 0 Å². The average Bonchev–Trinajstić information content (AvgIpc) is 2.61. The van der Waals surface area contributed by atoms with Gasteiger partial charge in [-0.15, -0.1) is 0 Å². The van der Waals surface area contributed by atoms with Gasteiger partial charge in [-0.1, -0.05) is 37.6 Å². The Morgan fingerprint density at radius 1 is 1.24 bits per heavy atom. The molecule has 2 aromatic rings. The van der Waals surface area contributed by atoms with E-state index in [1.54, 1.807) is 11.0 Å². The van der Waals surface area contributed by atoms with Gasteiger partial charge in [0.2, 0.25) is 11.8 Å². The van der Waals surface area contributed by atoms with E-state index >= 15 is 0 Å². The van der Waals surface area contributed by atoms with Gasteiger partial charge in [0.05, 0.1) is 5.92 Å². The summed E-state index contributed by atoms with van der Waals surface area (Å²) in [5.74, 6) is -1.42. The zero-order chi connectivity index (χ0) is 17.8. The van der Waals surface area contributed by atoms with Crippen LogP contribution in [0.3, 0.4) is 0 Å². The molecule has 2 amide bonds. The third-order valence-electron chi connectivity index (χ3n) is 4.42. The van der Waals surface area contributed by atoms with Gasteiger partial charge >= 0.3 is 0 Å². The third kappa shape index (κ3) is 3.71. The SMILES string of the molecule is CCCCN(C(=O)[C@H]1CC(=O)Nc2cc(F)ccc21)c1ccccc1. The summed E-state index contributed by atoms with van der Waals surface area (Å²) in [6, 6.07) is 13.6. The van der Waals surface area contributed by atoms with Crippen LogP contribution in [0.5, 0.6) is 0 Å². The number of para-hydroxylation sites is 1. The Hall–Kier alpha value is -2.69. The quantitative estimate of drug-likeness (QED) is 0.891. The monoisotopic (exact) mass is 340 g/mol. The fourth-order valence-corrected chi connectivity index (χ4v) is 3.14. The summed E-state index contributed by atoms with van der Waals surface area (Å²) in [6.07, 6.45) is 1.91. The van der Waals surface area contributed by atoms with Gasteiger partial charge in [0.25, 0.3) is 0 Å². The molecule has 0 saturated heterocycles. The summed E-state index contributed by atoms with van der Waals surface area (Å²) in [7, 11) is 0. The van der Waals surface area contributed by atoms with Gasteiger partial charge in [-0.3, -0.25) is 9.59 Å². The Bertz CT molecular complexity index is 777. The molecule has 0 aromatic heterocycles. The first-order valence-corrected chi connectivity index (χ1v) is 8.56. The first-order valence-electron chi connectivity index (χ1n) is 8.56. The van der Waals surface area contributed by atoms with Crippen molar-refractivity contribution in [3.8, 4) is 0 Å². The van der Waals surface area contributed by atoms with Crippen molar-refractivity contribution in [2.45, 2.75) is 32.1 Å². The van der Waals surface area contributed by atoms with Crippen molar-refractivity contribution >= 4 is 23.2 Å². The highest BCUT2D eigenvalue weighted by molar-refractivity contribution is 6.06. The standard InChI is InChI=1S/C20H21FN2O2/c1-2-3-11-23(15-7-5-4-6-8-15)20(25)17-13-19(24)22-18-12-14(21)9-10-16(17)18/h4-10,12,17H,2-3,11,13H2,1H3,(H,22,24)/t17-/m0/s1. The summed E-state index contributed by atoms with van der Waals surface area (Å²) in [5, 5.41) is 2.66. The minimum Gasteiger partial charge on any atom is -0.326 e. The van der Waals surface area contributed by atoms with Crippen LogP contribution in [0.2, 0.25) is 0 Å². The van der Waals surface area contributed by atoms with Crippen molar-refractivity contribution < 1.29 is 14.0 Å². The molecule has 1 heterocycles. The Balaban J connectivity index is 1.96. The molecule has 1 aliphatic rings. The van der Waals surface area contributed by atoms with Crippen molar-refractivity contribution in [1.82, 2.24) is 0 Å². The number of benzene rings is 2. The highest BCUT2D eigenvalue weighted by Crippen LogP contribution is 2.35. The Kier molecular flexibility index (Phi) is 5.12. The Labute approximate surface area is 146 Å². The largest absolute Gasteiger partial charge is 0.326 e. The van der Waals surface area contributed by atoms with Crippen molar-refractivity contribution in [2.24, 2.45) is 0 Å². The molecule has 0 aliphatic carbocycles. The molecule has 0 spiro atoms. The van der Waals surface area contributed by atoms with E-state index in [4.69, 9.17) is 0 Å². The van der Waals surface area contributed by atoms with Crippen molar-refractivity contribution in [3.05, 3.63) is 59.9 Å². The van der Waals surface area contributed by atoms with E-state index in [2.05, 4.69) is 12.2 Å². The topological polar surface area (TPSA) is 49.4 Å². The Morgan fingerprint density at radius 3 is 2.72 bits per heavy atom. The fraction of sp³-hybridized carbons (Fsp3) is 0.300. The van der Waals surface area contributed by atoms with Crippen LogP contribution in [-0.2, 0) is 9.59 Å². The number of nitrogens with one attached hydrogen (secondary N) is 1. The van der Waals surface area contributed by atoms with E-state index in [-0.39, 0.29) is 18.2 Å². The van der Waals surface area contributed by atoms with Crippen molar-refractivity contribution in [1.29, 1.82) is 0 Å². The minimum atomic E-state index is -0.596. The minimum absolute atomic E-state index is 0.0763. The number of halogens is 1. The number of fused-ring (bicyclic) bond motifs is 1. The number of unbranched alkanes of at least 4 members (excludes halogenated alkanes) is 1. The maximum absolute atomic E-state index is 13.5. The van der Waals surface area contributed by atoms with Gasteiger partial charge in [-0.05, 0) is 36.2 Å². The van der Waals surface area contributed by atoms with Crippen LogP contribution in [-0.4, -0.2) is 18.4 Å². The van der Waals surface area contributed by atoms with Crippen LogP contribution in [0.4, 0.5) is 15.8 Å². The molecular formula is C20H21FN2O2. The van der Waals surface area contributed by atoms with E-state index in [1.807, 2.05) is 30.3 Å². The Morgan fingerprint density at radius 2 is 2.00 bits per heavy atom. The molecule has 1 N–H and O–H groups in total. The van der Waals surface area contributed by atoms with E-state index in [0.717, 1.165) is 18.5 Å². The number of rotatable bonds is 5. The lowest BCUT2D eigenvalue weighted by Gasteiger charge is -2.31. The van der Waals surface area contributed by atoms with Crippen LogP contribution in [0.15, 0.2) is 48.5 Å². The normalized spacial score (nSPS) is 16.1. The van der Waals surface area contributed by atoms with Crippen molar-refractivity contribution in [2.75, 3.05) is 16.8 Å². The molecule has 5 heteroatoms. The first-order chi connectivity index (χ1) is 12.1. The second kappa shape index (κ2) is 7.47. The first kappa shape index (κ1) is 17.1. The lowest BCUT2D eigenvalue weighted by molar-refractivity contribution is -0.124. The van der Waals surface area contributed by atoms with Gasteiger partial charge in [0.15, 0.2) is 0 Å². The summed E-state index contributed by atoms with van der Waals surface area (Å²) < 4.78 is 13.5. The summed E-state index contributed by atoms with van der Waals surface area (Å²) in [5.41, 5.74) is 1.87. The number of nitrogens with zero attached hydrogens (tertiary/aromatic N) is 1. The van der Waals surface area contributed by atoms with Crippen LogP contribution in [0.1, 0.15) is 37.7 Å². The predicted molar refractivity (Wildman–Crippen MR) is 96.1 cm³/mol. The molecule has 3 rings (SSSR count). The lowest BCUT2D eigenvalue weighted by Crippen LogP contribution is -2.39. The van der Waals surface area contributed by atoms with Gasteiger partial charge in [0, 0.05) is 24.3 Å². The number of anilines is 2. The second-order valence-corrected chi connectivity index (χ2v) is 6.22. The molecule has 1 aliphatic heterocycles. The lowest BCUT2D eigenvalue weighted by atomic mass is 9.89. The zero-order valence-electron chi connectivity index (χ0n) is 14.2. The van der Waals surface area contributed by atoms with Crippen molar-refractivity contribution in [3.63, 3.8) is 0 Å². The van der Waals surface area contributed by atoms with Gasteiger partial charge in [-0.2, -0.15) is 0 Å². The molecule has 4 nitrogen and oxygen atoms in total. The number of carbonyl (C=O) groups excluding carboxylic acids is 2. The second-order valence-electron chi connectivity index (χ2n) is 6.22. The van der Waals surface area contributed by atoms with E-state index < -0.39 is 11.7 Å². The van der Waals surface area contributed by atoms with Crippen LogP contribution < -0.4 is 10.2 Å². The maximum Gasteiger partial charge on any atom is 0.235 e. The molecule has 0 saturated carbocycles. The number of amides is 2. The number of hydrogen-bond acceptors (Lipinski definition) is 2. The molecule has 0 fully saturated rings. The summed E-state index contributed by atoms with van der Waals surface area (Å²) >= 11 is 0. The highest BCUT2D eigenvalue weighted by atomic mass is 19.1. The number of hydrogen-bond donors (Lipinski definition) is 1.